The summed E-state index contributed by atoms with van der Waals surface area (Å²) in [6.07, 6.45) is 32.8. The van der Waals surface area contributed by atoms with E-state index >= 15 is 0 Å². The maximum atomic E-state index is 13.0. The number of aliphatic hydroxyl groups is 7. The Hall–Kier alpha value is -2.31. The Bertz CT molecular complexity index is 1350. The van der Waals surface area contributed by atoms with Gasteiger partial charge in [0.2, 0.25) is 0 Å². The van der Waals surface area contributed by atoms with E-state index in [1.165, 1.54) is 44.9 Å². The Morgan fingerprint density at radius 2 is 0.956 bits per heavy atom. The summed E-state index contributed by atoms with van der Waals surface area (Å²) < 4.78 is 34.3. The lowest BCUT2D eigenvalue weighted by molar-refractivity contribution is -0.332. The molecule has 0 saturated carbocycles. The predicted octanol–water partition coefficient (Wildman–Crippen LogP) is 8.13. The number of esters is 1. The van der Waals surface area contributed by atoms with E-state index in [-0.39, 0.29) is 19.6 Å². The zero-order valence-corrected chi connectivity index (χ0v) is 41.8. The van der Waals surface area contributed by atoms with Crippen LogP contribution in [0.25, 0.3) is 0 Å². The van der Waals surface area contributed by atoms with E-state index in [0.29, 0.717) is 13.0 Å². The first kappa shape index (κ1) is 61.8. The Kier molecular flexibility index (Phi) is 37.6. The first-order valence-corrected chi connectivity index (χ1v) is 26.4. The SMILES string of the molecule is CC/C=C\C/C=C\C/C=C\C/C=C\CCCCCCCOCC(COC1OC(COC2OC(CO)C(O)C(O)C2O)C(O)C(O)C1O)OC(=O)CCCCCCC/C=C\CCCCCCCCC. The molecule has 2 heterocycles. The van der Waals surface area contributed by atoms with Crippen molar-refractivity contribution in [2.45, 2.75) is 242 Å². The van der Waals surface area contributed by atoms with Gasteiger partial charge in [0.05, 0.1) is 26.4 Å². The van der Waals surface area contributed by atoms with Crippen molar-refractivity contribution < 1.29 is 69.0 Å². The molecule has 2 saturated heterocycles. The van der Waals surface area contributed by atoms with Crippen molar-refractivity contribution >= 4 is 5.97 Å². The standard InChI is InChI=1S/C54H94O14/c1-3-5-7-9-11-13-15-17-19-21-22-24-26-28-30-32-34-36-38-63-40-43(66-46(56)37-35-33-31-29-27-25-23-20-18-16-14-12-10-8-6-4-2)41-64-53-52(62)50(60)48(58)45(68-53)42-65-54-51(61)49(59)47(57)44(39-55)67-54/h5,7,11,13,17,19-20,22-24,43-45,47-55,57-62H,3-4,6,8-10,12,14-16,18,21,25-42H2,1-2H3/b7-5-,13-11-,19-17-,23-20-,24-22-. The molecule has 394 valence electrons. The molecule has 0 aromatic rings. The first-order valence-electron chi connectivity index (χ1n) is 26.4. The second-order valence-electron chi connectivity index (χ2n) is 18.3. The fourth-order valence-corrected chi connectivity index (χ4v) is 7.98. The van der Waals surface area contributed by atoms with E-state index < -0.39 is 86.7 Å². The zero-order chi connectivity index (χ0) is 49.5. The molecule has 14 heteroatoms. The number of unbranched alkanes of at least 4 members (excludes halogenated alkanes) is 17. The molecule has 68 heavy (non-hydrogen) atoms. The molecule has 2 rings (SSSR count). The van der Waals surface area contributed by atoms with Crippen molar-refractivity contribution in [1.82, 2.24) is 0 Å². The van der Waals surface area contributed by atoms with Gasteiger partial charge in [-0.2, -0.15) is 0 Å². The molecule has 2 fully saturated rings. The third-order valence-electron chi connectivity index (χ3n) is 12.3. The van der Waals surface area contributed by atoms with Crippen molar-refractivity contribution in [2.75, 3.05) is 33.0 Å². The highest BCUT2D eigenvalue weighted by Crippen LogP contribution is 2.26. The van der Waals surface area contributed by atoms with Crippen LogP contribution in [0.2, 0.25) is 0 Å². The summed E-state index contributed by atoms with van der Waals surface area (Å²) >= 11 is 0. The normalized spacial score (nSPS) is 26.4. The van der Waals surface area contributed by atoms with E-state index in [2.05, 4.69) is 74.6 Å². The van der Waals surface area contributed by atoms with Crippen LogP contribution in [0, 0.1) is 0 Å². The van der Waals surface area contributed by atoms with Crippen molar-refractivity contribution in [3.63, 3.8) is 0 Å². The van der Waals surface area contributed by atoms with Gasteiger partial charge in [-0.05, 0) is 77.0 Å². The third-order valence-corrected chi connectivity index (χ3v) is 12.3. The Morgan fingerprint density at radius 3 is 1.51 bits per heavy atom. The van der Waals surface area contributed by atoms with Crippen LogP contribution < -0.4 is 0 Å². The zero-order valence-electron chi connectivity index (χ0n) is 41.8. The van der Waals surface area contributed by atoms with E-state index in [1.54, 1.807) is 0 Å². The first-order chi connectivity index (χ1) is 33.1. The molecule has 0 aliphatic carbocycles. The number of hydrogen-bond donors (Lipinski definition) is 7. The predicted molar refractivity (Wildman–Crippen MR) is 266 cm³/mol. The van der Waals surface area contributed by atoms with Gasteiger partial charge < -0.3 is 64.2 Å². The monoisotopic (exact) mass is 967 g/mol. The molecule has 0 bridgehead atoms. The van der Waals surface area contributed by atoms with Gasteiger partial charge in [-0.15, -0.1) is 0 Å². The van der Waals surface area contributed by atoms with Gasteiger partial charge in [-0.25, -0.2) is 0 Å². The van der Waals surface area contributed by atoms with Gasteiger partial charge in [0.1, 0.15) is 54.9 Å². The lowest BCUT2D eigenvalue weighted by Gasteiger charge is -2.42. The molecule has 14 nitrogen and oxygen atoms in total. The van der Waals surface area contributed by atoms with E-state index in [9.17, 15) is 40.5 Å². The summed E-state index contributed by atoms with van der Waals surface area (Å²) in [5.74, 6) is -0.393. The minimum atomic E-state index is -1.71. The molecule has 0 radical (unpaired) electrons. The number of carbonyl (C=O) groups excluding carboxylic acids is 1. The fourth-order valence-electron chi connectivity index (χ4n) is 7.98. The Labute approximate surface area is 409 Å². The quantitative estimate of drug-likeness (QED) is 0.0175. The second-order valence-corrected chi connectivity index (χ2v) is 18.3. The molecular formula is C54H94O14. The molecule has 0 amide bonds. The van der Waals surface area contributed by atoms with Crippen LogP contribution >= 0.6 is 0 Å². The van der Waals surface area contributed by atoms with Crippen LogP contribution in [0.5, 0.6) is 0 Å². The molecule has 2 aliphatic rings. The highest BCUT2D eigenvalue weighted by Gasteiger charge is 2.47. The Morgan fingerprint density at radius 1 is 0.500 bits per heavy atom. The number of aliphatic hydroxyl groups excluding tert-OH is 7. The Balaban J connectivity index is 1.78. The summed E-state index contributed by atoms with van der Waals surface area (Å²) in [5.41, 5.74) is 0. The lowest BCUT2D eigenvalue weighted by Crippen LogP contribution is -2.61. The molecular weight excluding hydrogens is 873 g/mol. The number of rotatable bonds is 41. The van der Waals surface area contributed by atoms with Crippen molar-refractivity contribution in [1.29, 1.82) is 0 Å². The van der Waals surface area contributed by atoms with Crippen molar-refractivity contribution in [2.24, 2.45) is 0 Å². The maximum absolute atomic E-state index is 13.0. The van der Waals surface area contributed by atoms with Gasteiger partial charge in [0.15, 0.2) is 12.6 Å². The molecule has 11 unspecified atom stereocenters. The highest BCUT2D eigenvalue weighted by molar-refractivity contribution is 5.69. The van der Waals surface area contributed by atoms with Crippen LogP contribution in [0.1, 0.15) is 174 Å². The second kappa shape index (κ2) is 41.3. The molecule has 0 aromatic carbocycles. The molecule has 7 N–H and O–H groups in total. The summed E-state index contributed by atoms with van der Waals surface area (Å²) in [4.78, 5) is 13.0. The molecule has 0 spiro atoms. The lowest BCUT2D eigenvalue weighted by atomic mass is 9.98. The van der Waals surface area contributed by atoms with Gasteiger partial charge in [-0.1, -0.05) is 152 Å². The fraction of sp³-hybridized carbons (Fsp3) is 0.796. The van der Waals surface area contributed by atoms with Gasteiger partial charge in [0.25, 0.3) is 0 Å². The van der Waals surface area contributed by atoms with Crippen LogP contribution in [0.3, 0.4) is 0 Å². The van der Waals surface area contributed by atoms with Gasteiger partial charge in [0, 0.05) is 13.0 Å². The van der Waals surface area contributed by atoms with Crippen LogP contribution in [0.15, 0.2) is 60.8 Å². The molecule has 11 atom stereocenters. The summed E-state index contributed by atoms with van der Waals surface area (Å²) in [6.45, 7) is 3.51. The smallest absolute Gasteiger partial charge is 0.306 e. The van der Waals surface area contributed by atoms with E-state index in [0.717, 1.165) is 103 Å². The largest absolute Gasteiger partial charge is 0.457 e. The van der Waals surface area contributed by atoms with Crippen molar-refractivity contribution in [3.8, 4) is 0 Å². The third kappa shape index (κ3) is 28.5. The average molecular weight is 967 g/mol. The average Bonchev–Trinajstić information content (AvgIpc) is 3.33. The summed E-state index contributed by atoms with van der Waals surface area (Å²) in [7, 11) is 0. The van der Waals surface area contributed by atoms with Gasteiger partial charge >= 0.3 is 5.97 Å². The van der Waals surface area contributed by atoms with Crippen LogP contribution in [-0.4, -0.2) is 142 Å². The minimum Gasteiger partial charge on any atom is -0.457 e. The number of allylic oxidation sites excluding steroid dienone is 10. The number of carbonyl (C=O) groups is 1. The summed E-state index contributed by atoms with van der Waals surface area (Å²) in [6, 6.07) is 0. The maximum Gasteiger partial charge on any atom is 0.306 e. The van der Waals surface area contributed by atoms with Crippen LogP contribution in [0.4, 0.5) is 0 Å². The van der Waals surface area contributed by atoms with Crippen LogP contribution in [-0.2, 0) is 33.2 Å². The van der Waals surface area contributed by atoms with Gasteiger partial charge in [-0.3, -0.25) is 4.79 Å². The summed E-state index contributed by atoms with van der Waals surface area (Å²) in [5, 5.41) is 72.2. The van der Waals surface area contributed by atoms with E-state index in [1.807, 2.05) is 0 Å². The topological polar surface area (TPSA) is 214 Å². The number of hydrogen-bond acceptors (Lipinski definition) is 14. The molecule has 0 aromatic heterocycles. The molecule has 2 aliphatic heterocycles. The van der Waals surface area contributed by atoms with Crippen molar-refractivity contribution in [3.05, 3.63) is 60.8 Å². The minimum absolute atomic E-state index is 0.0433. The highest BCUT2D eigenvalue weighted by atomic mass is 16.7. The number of ether oxygens (including phenoxy) is 6. The van der Waals surface area contributed by atoms with E-state index in [4.69, 9.17) is 28.4 Å².